The summed E-state index contributed by atoms with van der Waals surface area (Å²) in [4.78, 5) is 16.1. The van der Waals surface area contributed by atoms with Crippen LogP contribution < -0.4 is 10.6 Å². The van der Waals surface area contributed by atoms with E-state index in [0.29, 0.717) is 12.3 Å². The zero-order valence-corrected chi connectivity index (χ0v) is 14.7. The van der Waals surface area contributed by atoms with Gasteiger partial charge in [-0.05, 0) is 29.2 Å². The van der Waals surface area contributed by atoms with E-state index in [-0.39, 0.29) is 11.9 Å². The number of amides is 1. The fourth-order valence-electron chi connectivity index (χ4n) is 4.16. The molecule has 2 atom stereocenters. The van der Waals surface area contributed by atoms with Gasteiger partial charge in [0.25, 0.3) is 0 Å². The highest BCUT2D eigenvalue weighted by Crippen LogP contribution is 2.30. The quantitative estimate of drug-likeness (QED) is 0.938. The molecule has 2 aliphatic rings. The first-order chi connectivity index (χ1) is 12.1. The van der Waals surface area contributed by atoms with Crippen LogP contribution in [0.3, 0.4) is 0 Å². The van der Waals surface area contributed by atoms with Gasteiger partial charge in [-0.15, -0.1) is 0 Å². The van der Waals surface area contributed by atoms with Gasteiger partial charge in [-0.1, -0.05) is 42.5 Å². The third-order valence-electron chi connectivity index (χ3n) is 5.56. The molecule has 2 aliphatic heterocycles. The maximum absolute atomic E-state index is 11.8. The van der Waals surface area contributed by atoms with E-state index in [9.17, 15) is 4.79 Å². The Morgan fingerprint density at radius 2 is 1.88 bits per heavy atom. The van der Waals surface area contributed by atoms with Crippen LogP contribution in [0, 0.1) is 0 Å². The van der Waals surface area contributed by atoms with E-state index < -0.39 is 0 Å². The van der Waals surface area contributed by atoms with Gasteiger partial charge in [-0.3, -0.25) is 9.69 Å². The fraction of sp³-hybridized carbons (Fsp3) is 0.381. The molecule has 2 aromatic rings. The number of carbonyl (C=O) groups is 1. The van der Waals surface area contributed by atoms with Gasteiger partial charge in [0, 0.05) is 50.7 Å². The van der Waals surface area contributed by atoms with Crippen LogP contribution in [0.2, 0.25) is 0 Å². The van der Waals surface area contributed by atoms with E-state index in [4.69, 9.17) is 5.73 Å². The Bertz CT molecular complexity index is 774. The molecule has 2 heterocycles. The molecule has 1 amide bonds. The van der Waals surface area contributed by atoms with Crippen LogP contribution in [0.25, 0.3) is 0 Å². The molecule has 0 aliphatic carbocycles. The molecule has 2 N–H and O–H groups in total. The Morgan fingerprint density at radius 1 is 1.08 bits per heavy atom. The third-order valence-corrected chi connectivity index (χ3v) is 5.56. The van der Waals surface area contributed by atoms with E-state index in [0.717, 1.165) is 31.7 Å². The second-order valence-corrected chi connectivity index (χ2v) is 7.29. The number of benzene rings is 2. The summed E-state index contributed by atoms with van der Waals surface area (Å²) < 4.78 is 0. The van der Waals surface area contributed by atoms with Crippen LogP contribution in [0.15, 0.2) is 48.5 Å². The van der Waals surface area contributed by atoms with Crippen molar-refractivity contribution >= 4 is 11.6 Å². The Hall–Kier alpha value is -2.17. The van der Waals surface area contributed by atoms with Crippen LogP contribution in [0.4, 0.5) is 5.69 Å². The van der Waals surface area contributed by atoms with Crippen molar-refractivity contribution < 1.29 is 4.79 Å². The summed E-state index contributed by atoms with van der Waals surface area (Å²) in [7, 11) is 1.87. The SMILES string of the molecule is CN1C(=O)CCc2cc(CN3C[C@@H](N)[C@H](c4ccccc4)C3)ccc21. The highest BCUT2D eigenvalue weighted by molar-refractivity contribution is 5.95. The minimum absolute atomic E-state index is 0.184. The molecule has 4 rings (SSSR count). The molecule has 4 heteroatoms. The Morgan fingerprint density at radius 3 is 2.68 bits per heavy atom. The molecule has 25 heavy (non-hydrogen) atoms. The van der Waals surface area contributed by atoms with Crippen LogP contribution in [-0.4, -0.2) is 37.0 Å². The van der Waals surface area contributed by atoms with E-state index in [1.54, 1.807) is 4.90 Å². The topological polar surface area (TPSA) is 49.6 Å². The fourth-order valence-corrected chi connectivity index (χ4v) is 4.16. The molecule has 4 nitrogen and oxygen atoms in total. The number of nitrogens with zero attached hydrogens (tertiary/aromatic N) is 2. The van der Waals surface area contributed by atoms with Gasteiger partial charge in [0.2, 0.25) is 5.91 Å². The van der Waals surface area contributed by atoms with Crippen molar-refractivity contribution in [1.29, 1.82) is 0 Å². The van der Waals surface area contributed by atoms with Crippen molar-refractivity contribution in [3.8, 4) is 0 Å². The summed E-state index contributed by atoms with van der Waals surface area (Å²) in [5.74, 6) is 0.610. The summed E-state index contributed by atoms with van der Waals surface area (Å²) in [6.07, 6.45) is 1.45. The molecule has 0 spiro atoms. The lowest BCUT2D eigenvalue weighted by molar-refractivity contribution is -0.118. The monoisotopic (exact) mass is 335 g/mol. The molecular weight excluding hydrogens is 310 g/mol. The largest absolute Gasteiger partial charge is 0.326 e. The molecule has 0 aromatic heterocycles. The second-order valence-electron chi connectivity index (χ2n) is 7.29. The van der Waals surface area contributed by atoms with E-state index in [1.807, 2.05) is 7.05 Å². The Labute approximate surface area is 149 Å². The van der Waals surface area contributed by atoms with Gasteiger partial charge in [0.1, 0.15) is 0 Å². The highest BCUT2D eigenvalue weighted by Gasteiger charge is 2.31. The van der Waals surface area contributed by atoms with E-state index >= 15 is 0 Å². The zero-order valence-electron chi connectivity index (χ0n) is 14.7. The lowest BCUT2D eigenvalue weighted by Gasteiger charge is -2.26. The number of likely N-dealkylation sites (tertiary alicyclic amines) is 1. The van der Waals surface area contributed by atoms with E-state index in [1.165, 1.54) is 16.7 Å². The molecule has 0 radical (unpaired) electrons. The first-order valence-electron chi connectivity index (χ1n) is 9.03. The third kappa shape index (κ3) is 3.20. The average molecular weight is 335 g/mol. The summed E-state index contributed by atoms with van der Waals surface area (Å²) >= 11 is 0. The van der Waals surface area contributed by atoms with Crippen molar-refractivity contribution in [2.75, 3.05) is 25.0 Å². The second kappa shape index (κ2) is 6.62. The Balaban J connectivity index is 1.47. The smallest absolute Gasteiger partial charge is 0.227 e. The van der Waals surface area contributed by atoms with Crippen molar-refractivity contribution in [3.05, 3.63) is 65.2 Å². The molecule has 0 bridgehead atoms. The van der Waals surface area contributed by atoms with Gasteiger partial charge in [0.05, 0.1) is 0 Å². The number of hydrogen-bond donors (Lipinski definition) is 1. The number of carbonyl (C=O) groups excluding carboxylic acids is 1. The number of rotatable bonds is 3. The van der Waals surface area contributed by atoms with Gasteiger partial charge in [-0.2, -0.15) is 0 Å². The number of aryl methyl sites for hydroxylation is 1. The predicted octanol–water partition coefficient (Wildman–Crippen LogP) is 2.52. The number of hydrogen-bond acceptors (Lipinski definition) is 3. The van der Waals surface area contributed by atoms with Gasteiger partial charge >= 0.3 is 0 Å². The standard InChI is InChI=1S/C21H25N3O/c1-23-20-9-7-15(11-17(20)8-10-21(23)25)12-24-13-18(19(22)14-24)16-5-3-2-4-6-16/h2-7,9,11,18-19H,8,10,12-14,22H2,1H3/t18-,19+/m0/s1. The van der Waals surface area contributed by atoms with Crippen molar-refractivity contribution in [2.45, 2.75) is 31.3 Å². The number of fused-ring (bicyclic) bond motifs is 1. The molecule has 2 aromatic carbocycles. The average Bonchev–Trinajstić information content (AvgIpc) is 2.99. The molecule has 130 valence electrons. The van der Waals surface area contributed by atoms with Crippen molar-refractivity contribution in [2.24, 2.45) is 5.73 Å². The first kappa shape index (κ1) is 16.3. The highest BCUT2D eigenvalue weighted by atomic mass is 16.2. The number of anilines is 1. The lowest BCUT2D eigenvalue weighted by Crippen LogP contribution is -2.31. The molecule has 0 unspecified atom stereocenters. The molecule has 1 fully saturated rings. The zero-order chi connectivity index (χ0) is 17.4. The Kier molecular flexibility index (Phi) is 4.32. The van der Waals surface area contributed by atoms with Gasteiger partial charge in [-0.25, -0.2) is 0 Å². The van der Waals surface area contributed by atoms with Crippen LogP contribution >= 0.6 is 0 Å². The first-order valence-corrected chi connectivity index (χ1v) is 9.03. The van der Waals surface area contributed by atoms with Crippen LogP contribution in [-0.2, 0) is 17.8 Å². The maximum atomic E-state index is 11.8. The van der Waals surface area contributed by atoms with Crippen LogP contribution in [0.5, 0.6) is 0 Å². The molecular formula is C21H25N3O. The van der Waals surface area contributed by atoms with Crippen LogP contribution in [0.1, 0.15) is 29.0 Å². The molecule has 0 saturated carbocycles. The normalized spacial score (nSPS) is 23.8. The maximum Gasteiger partial charge on any atom is 0.227 e. The van der Waals surface area contributed by atoms with Gasteiger partial charge < -0.3 is 10.6 Å². The minimum atomic E-state index is 0.184. The van der Waals surface area contributed by atoms with Crippen molar-refractivity contribution in [1.82, 2.24) is 4.90 Å². The summed E-state index contributed by atoms with van der Waals surface area (Å²) in [6.45, 7) is 2.84. The van der Waals surface area contributed by atoms with Gasteiger partial charge in [0.15, 0.2) is 0 Å². The summed E-state index contributed by atoms with van der Waals surface area (Å²) in [5, 5.41) is 0. The minimum Gasteiger partial charge on any atom is -0.326 e. The summed E-state index contributed by atoms with van der Waals surface area (Å²) in [5.41, 5.74) is 11.4. The lowest BCUT2D eigenvalue weighted by atomic mass is 9.95. The number of nitrogens with two attached hydrogens (primary N) is 1. The molecule has 1 saturated heterocycles. The van der Waals surface area contributed by atoms with Crippen molar-refractivity contribution in [3.63, 3.8) is 0 Å². The predicted molar refractivity (Wildman–Crippen MR) is 101 cm³/mol. The van der Waals surface area contributed by atoms with E-state index in [2.05, 4.69) is 53.4 Å². The summed E-state index contributed by atoms with van der Waals surface area (Å²) in [6, 6.07) is 17.3.